The van der Waals surface area contributed by atoms with E-state index in [1.165, 1.54) is 0 Å². The molecule has 2 heteroatoms. The third kappa shape index (κ3) is 1.25. The van der Waals surface area contributed by atoms with E-state index in [1.54, 1.807) is 0 Å². The fourth-order valence-corrected chi connectivity index (χ4v) is 1.80. The summed E-state index contributed by atoms with van der Waals surface area (Å²) in [5.74, 6) is 0. The van der Waals surface area contributed by atoms with Crippen LogP contribution in [0.25, 0.3) is 0 Å². The first-order valence-corrected chi connectivity index (χ1v) is 4.54. The molecule has 1 aromatic rings. The molecule has 0 bridgehead atoms. The van der Waals surface area contributed by atoms with E-state index in [0.717, 1.165) is 30.3 Å². The molecule has 0 N–H and O–H groups in total. The Morgan fingerprint density at radius 1 is 1.23 bits per heavy atom. The highest BCUT2D eigenvalue weighted by Gasteiger charge is 2.38. The Morgan fingerprint density at radius 2 is 1.85 bits per heavy atom. The van der Waals surface area contributed by atoms with Crippen LogP contribution in [-0.2, 0) is 5.41 Å². The van der Waals surface area contributed by atoms with Gasteiger partial charge in [0.1, 0.15) is 7.85 Å². The van der Waals surface area contributed by atoms with Crippen molar-refractivity contribution in [3.8, 4) is 6.07 Å². The van der Waals surface area contributed by atoms with Crippen LogP contribution in [0, 0.1) is 11.3 Å². The van der Waals surface area contributed by atoms with Gasteiger partial charge in [0.2, 0.25) is 0 Å². The molecule has 62 valence electrons. The Labute approximate surface area is 79.8 Å². The number of hydrogen-bond acceptors (Lipinski definition) is 1. The maximum atomic E-state index is 9.08. The lowest BCUT2D eigenvalue weighted by molar-refractivity contribution is 0.324. The monoisotopic (exact) mass is 167 g/mol. The first-order chi connectivity index (χ1) is 6.27. The summed E-state index contributed by atoms with van der Waals surface area (Å²) >= 11 is 0. The van der Waals surface area contributed by atoms with Crippen LogP contribution in [0.4, 0.5) is 0 Å². The Kier molecular flexibility index (Phi) is 1.88. The molecule has 0 aliphatic heterocycles. The molecule has 0 atom stereocenters. The van der Waals surface area contributed by atoms with Crippen molar-refractivity contribution in [2.45, 2.75) is 24.7 Å². The van der Waals surface area contributed by atoms with E-state index in [9.17, 15) is 0 Å². The van der Waals surface area contributed by atoms with Crippen LogP contribution in [0.15, 0.2) is 24.3 Å². The Morgan fingerprint density at radius 3 is 2.23 bits per heavy atom. The zero-order chi connectivity index (χ0) is 9.31. The fourth-order valence-electron chi connectivity index (χ4n) is 1.80. The average molecular weight is 167 g/mol. The number of rotatable bonds is 1. The molecule has 0 spiro atoms. The molecule has 0 unspecified atom stereocenters. The second-order valence-corrected chi connectivity index (χ2v) is 3.67. The standard InChI is InChI=1S/C11H10BN/c12-10-4-2-9(3-5-10)11(8-13)6-1-7-11/h2-5H,1,6-7H2. The Bertz CT molecular complexity index is 343. The molecule has 0 aromatic heterocycles. The highest BCUT2D eigenvalue weighted by Crippen LogP contribution is 2.42. The second kappa shape index (κ2) is 2.92. The third-order valence-electron chi connectivity index (χ3n) is 2.88. The molecule has 0 amide bonds. The maximum Gasteiger partial charge on any atom is 0.113 e. The van der Waals surface area contributed by atoms with Crippen LogP contribution >= 0.6 is 0 Å². The third-order valence-corrected chi connectivity index (χ3v) is 2.88. The second-order valence-electron chi connectivity index (χ2n) is 3.67. The molecule has 1 aromatic carbocycles. The Balaban J connectivity index is 2.35. The van der Waals surface area contributed by atoms with E-state index in [1.807, 2.05) is 24.3 Å². The molecule has 1 aliphatic rings. The molecule has 13 heavy (non-hydrogen) atoms. The number of hydrogen-bond donors (Lipinski definition) is 0. The minimum absolute atomic E-state index is 0.201. The summed E-state index contributed by atoms with van der Waals surface area (Å²) in [6.07, 6.45) is 3.15. The van der Waals surface area contributed by atoms with Gasteiger partial charge in [-0.15, -0.1) is 0 Å². The fraction of sp³-hybridized carbons (Fsp3) is 0.364. The molecule has 2 radical (unpaired) electrons. The van der Waals surface area contributed by atoms with Gasteiger partial charge in [-0.25, -0.2) is 0 Å². The average Bonchev–Trinajstić information content (AvgIpc) is 2.07. The first-order valence-electron chi connectivity index (χ1n) is 4.54. The van der Waals surface area contributed by atoms with Crippen LogP contribution in [0.1, 0.15) is 24.8 Å². The summed E-state index contributed by atoms with van der Waals surface area (Å²) < 4.78 is 0. The van der Waals surface area contributed by atoms with Crippen molar-refractivity contribution < 1.29 is 0 Å². The van der Waals surface area contributed by atoms with Gasteiger partial charge in [0.25, 0.3) is 0 Å². The summed E-state index contributed by atoms with van der Waals surface area (Å²) in [4.78, 5) is 0. The minimum atomic E-state index is -0.201. The van der Waals surface area contributed by atoms with Crippen LogP contribution in [0.5, 0.6) is 0 Å². The topological polar surface area (TPSA) is 23.8 Å². The molecule has 1 aliphatic carbocycles. The van der Waals surface area contributed by atoms with Gasteiger partial charge in [-0.1, -0.05) is 29.7 Å². The van der Waals surface area contributed by atoms with Gasteiger partial charge in [0.15, 0.2) is 0 Å². The van der Waals surface area contributed by atoms with Crippen molar-refractivity contribution in [2.24, 2.45) is 0 Å². The normalized spacial score (nSPS) is 18.7. The highest BCUT2D eigenvalue weighted by atomic mass is 14.4. The number of benzene rings is 1. The Hall–Kier alpha value is -1.23. The SMILES string of the molecule is [B]c1ccc(C2(C#N)CCC2)cc1. The van der Waals surface area contributed by atoms with E-state index in [0.29, 0.717) is 0 Å². The lowest BCUT2D eigenvalue weighted by Crippen LogP contribution is -2.32. The molecule has 2 rings (SSSR count). The van der Waals surface area contributed by atoms with Crippen molar-refractivity contribution in [3.63, 3.8) is 0 Å². The highest BCUT2D eigenvalue weighted by molar-refractivity contribution is 6.32. The van der Waals surface area contributed by atoms with E-state index in [-0.39, 0.29) is 5.41 Å². The van der Waals surface area contributed by atoms with Gasteiger partial charge in [-0.2, -0.15) is 5.26 Å². The van der Waals surface area contributed by atoms with Crippen molar-refractivity contribution in [1.82, 2.24) is 0 Å². The molecule has 1 nitrogen and oxygen atoms in total. The van der Waals surface area contributed by atoms with Crippen LogP contribution < -0.4 is 5.46 Å². The van der Waals surface area contributed by atoms with Gasteiger partial charge in [0, 0.05) is 0 Å². The summed E-state index contributed by atoms with van der Waals surface area (Å²) in [6.45, 7) is 0. The molecular formula is C11H10BN. The van der Waals surface area contributed by atoms with Gasteiger partial charge in [0.05, 0.1) is 11.5 Å². The van der Waals surface area contributed by atoms with Gasteiger partial charge < -0.3 is 0 Å². The van der Waals surface area contributed by atoms with Crippen LogP contribution in [0.3, 0.4) is 0 Å². The predicted octanol–water partition coefficient (Wildman–Crippen LogP) is 1.43. The lowest BCUT2D eigenvalue weighted by atomic mass is 9.65. The maximum absolute atomic E-state index is 9.08. The van der Waals surface area contributed by atoms with Crippen LogP contribution in [0.2, 0.25) is 0 Å². The summed E-state index contributed by atoms with van der Waals surface area (Å²) in [5, 5.41) is 9.08. The van der Waals surface area contributed by atoms with Crippen molar-refractivity contribution >= 4 is 13.3 Å². The molecule has 0 saturated heterocycles. The number of nitriles is 1. The lowest BCUT2D eigenvalue weighted by Gasteiger charge is -2.35. The number of nitrogens with zero attached hydrogens (tertiary/aromatic N) is 1. The van der Waals surface area contributed by atoms with E-state index in [4.69, 9.17) is 13.1 Å². The van der Waals surface area contributed by atoms with Crippen molar-refractivity contribution in [1.29, 1.82) is 5.26 Å². The smallest absolute Gasteiger partial charge is 0.113 e. The van der Waals surface area contributed by atoms with Gasteiger partial charge in [-0.05, 0) is 24.8 Å². The van der Waals surface area contributed by atoms with Gasteiger partial charge in [-0.3, -0.25) is 0 Å². The van der Waals surface area contributed by atoms with E-state index < -0.39 is 0 Å². The molecule has 0 heterocycles. The molecular weight excluding hydrogens is 157 g/mol. The molecule has 1 fully saturated rings. The minimum Gasteiger partial charge on any atom is -0.197 e. The quantitative estimate of drug-likeness (QED) is 0.580. The zero-order valence-electron chi connectivity index (χ0n) is 7.46. The van der Waals surface area contributed by atoms with E-state index >= 15 is 0 Å². The first kappa shape index (κ1) is 8.38. The predicted molar refractivity (Wildman–Crippen MR) is 53.0 cm³/mol. The van der Waals surface area contributed by atoms with E-state index in [2.05, 4.69) is 6.07 Å². The summed E-state index contributed by atoms with van der Waals surface area (Å²) in [6, 6.07) is 10.1. The van der Waals surface area contributed by atoms with Crippen LogP contribution in [-0.4, -0.2) is 7.85 Å². The zero-order valence-corrected chi connectivity index (χ0v) is 7.46. The van der Waals surface area contributed by atoms with Crippen molar-refractivity contribution in [3.05, 3.63) is 29.8 Å². The van der Waals surface area contributed by atoms with Crippen molar-refractivity contribution in [2.75, 3.05) is 0 Å². The summed E-state index contributed by atoms with van der Waals surface area (Å²) in [5.41, 5.74) is 1.68. The van der Waals surface area contributed by atoms with Gasteiger partial charge >= 0.3 is 0 Å². The summed E-state index contributed by atoms with van der Waals surface area (Å²) in [7, 11) is 5.59. The largest absolute Gasteiger partial charge is 0.197 e. The molecule has 1 saturated carbocycles.